The second-order valence-corrected chi connectivity index (χ2v) is 6.58. The SMILES string of the molecule is CCN(Cc1ccccc1)c1ccc(C(=O)NC2CCCCC2)nn1. The Hall–Kier alpha value is -2.43. The quantitative estimate of drug-likeness (QED) is 0.875. The molecule has 0 spiro atoms. The monoisotopic (exact) mass is 338 g/mol. The number of anilines is 1. The number of rotatable bonds is 6. The maximum absolute atomic E-state index is 12.3. The van der Waals surface area contributed by atoms with Crippen molar-refractivity contribution in [1.29, 1.82) is 0 Å². The first-order chi connectivity index (χ1) is 12.3. The number of hydrogen-bond acceptors (Lipinski definition) is 4. The minimum Gasteiger partial charge on any atom is -0.351 e. The molecule has 1 aliphatic carbocycles. The summed E-state index contributed by atoms with van der Waals surface area (Å²) in [5, 5.41) is 11.5. The third-order valence-corrected chi connectivity index (χ3v) is 4.75. The lowest BCUT2D eigenvalue weighted by Crippen LogP contribution is -2.36. The molecule has 1 N–H and O–H groups in total. The Morgan fingerprint density at radius 1 is 1.08 bits per heavy atom. The van der Waals surface area contributed by atoms with Gasteiger partial charge < -0.3 is 10.2 Å². The van der Waals surface area contributed by atoms with Crippen molar-refractivity contribution >= 4 is 11.7 Å². The van der Waals surface area contributed by atoms with Crippen LogP contribution in [0.15, 0.2) is 42.5 Å². The Balaban J connectivity index is 1.62. The molecule has 1 fully saturated rings. The van der Waals surface area contributed by atoms with Crippen LogP contribution in [0.4, 0.5) is 5.82 Å². The lowest BCUT2D eigenvalue weighted by Gasteiger charge is -2.23. The Morgan fingerprint density at radius 2 is 1.84 bits per heavy atom. The summed E-state index contributed by atoms with van der Waals surface area (Å²) in [7, 11) is 0. The highest BCUT2D eigenvalue weighted by Gasteiger charge is 2.18. The molecule has 0 bridgehead atoms. The summed E-state index contributed by atoms with van der Waals surface area (Å²) < 4.78 is 0. The second kappa shape index (κ2) is 8.60. The van der Waals surface area contributed by atoms with Crippen LogP contribution in [0.2, 0.25) is 0 Å². The lowest BCUT2D eigenvalue weighted by atomic mass is 9.95. The fourth-order valence-electron chi connectivity index (χ4n) is 3.28. The van der Waals surface area contributed by atoms with Crippen molar-refractivity contribution in [3.8, 4) is 0 Å². The van der Waals surface area contributed by atoms with Crippen molar-refractivity contribution in [2.24, 2.45) is 0 Å². The molecule has 1 aromatic carbocycles. The van der Waals surface area contributed by atoms with Crippen LogP contribution in [-0.4, -0.2) is 28.7 Å². The first kappa shape index (κ1) is 17.4. The van der Waals surface area contributed by atoms with E-state index in [-0.39, 0.29) is 11.9 Å². The summed E-state index contributed by atoms with van der Waals surface area (Å²) in [5.74, 6) is 0.678. The number of carbonyl (C=O) groups is 1. The van der Waals surface area contributed by atoms with Gasteiger partial charge in [-0.15, -0.1) is 10.2 Å². The van der Waals surface area contributed by atoms with Gasteiger partial charge in [-0.3, -0.25) is 4.79 Å². The standard InChI is InChI=1S/C20H26N4O/c1-2-24(15-16-9-5-3-6-10-16)19-14-13-18(22-23-19)20(25)21-17-11-7-4-8-12-17/h3,5-6,9-10,13-14,17H,2,4,7-8,11-12,15H2,1H3,(H,21,25). The third kappa shape index (κ3) is 4.78. The molecule has 0 aliphatic heterocycles. The van der Waals surface area contributed by atoms with Crippen molar-refractivity contribution in [3.63, 3.8) is 0 Å². The number of hydrogen-bond donors (Lipinski definition) is 1. The molecule has 1 amide bonds. The van der Waals surface area contributed by atoms with E-state index in [0.29, 0.717) is 5.69 Å². The zero-order valence-corrected chi connectivity index (χ0v) is 14.8. The first-order valence-corrected chi connectivity index (χ1v) is 9.19. The number of nitrogens with one attached hydrogen (secondary N) is 1. The first-order valence-electron chi connectivity index (χ1n) is 9.19. The number of benzene rings is 1. The number of nitrogens with zero attached hydrogens (tertiary/aromatic N) is 3. The van der Waals surface area contributed by atoms with Gasteiger partial charge in [0.1, 0.15) is 0 Å². The molecule has 132 valence electrons. The van der Waals surface area contributed by atoms with Crippen molar-refractivity contribution in [3.05, 3.63) is 53.7 Å². The van der Waals surface area contributed by atoms with Crippen LogP contribution in [0.3, 0.4) is 0 Å². The Bertz CT molecular complexity index is 666. The maximum atomic E-state index is 12.3. The van der Waals surface area contributed by atoms with E-state index in [2.05, 4.69) is 39.5 Å². The van der Waals surface area contributed by atoms with Gasteiger partial charge in [-0.1, -0.05) is 49.6 Å². The average Bonchev–Trinajstić information content (AvgIpc) is 2.68. The van der Waals surface area contributed by atoms with Gasteiger partial charge in [-0.2, -0.15) is 0 Å². The summed E-state index contributed by atoms with van der Waals surface area (Å²) in [5.41, 5.74) is 1.62. The van der Waals surface area contributed by atoms with Crippen LogP contribution in [0, 0.1) is 0 Å². The summed E-state index contributed by atoms with van der Waals surface area (Å²) in [6.07, 6.45) is 5.80. The Morgan fingerprint density at radius 3 is 2.48 bits per heavy atom. The van der Waals surface area contributed by atoms with E-state index in [1.54, 1.807) is 6.07 Å². The van der Waals surface area contributed by atoms with E-state index < -0.39 is 0 Å². The predicted molar refractivity (Wildman–Crippen MR) is 99.5 cm³/mol. The largest absolute Gasteiger partial charge is 0.351 e. The molecule has 25 heavy (non-hydrogen) atoms. The molecule has 1 aliphatic rings. The van der Waals surface area contributed by atoms with Crippen LogP contribution < -0.4 is 10.2 Å². The fourth-order valence-corrected chi connectivity index (χ4v) is 3.28. The van der Waals surface area contributed by atoms with Gasteiger partial charge in [0.2, 0.25) is 0 Å². The smallest absolute Gasteiger partial charge is 0.272 e. The highest BCUT2D eigenvalue weighted by molar-refractivity contribution is 5.92. The van der Waals surface area contributed by atoms with Crippen LogP contribution in [0.5, 0.6) is 0 Å². The van der Waals surface area contributed by atoms with Gasteiger partial charge in [-0.25, -0.2) is 0 Å². The molecule has 3 rings (SSSR count). The lowest BCUT2D eigenvalue weighted by molar-refractivity contribution is 0.0921. The van der Waals surface area contributed by atoms with E-state index in [1.165, 1.54) is 24.8 Å². The molecule has 1 aromatic heterocycles. The normalized spacial score (nSPS) is 14.9. The van der Waals surface area contributed by atoms with Gasteiger partial charge in [0.15, 0.2) is 11.5 Å². The summed E-state index contributed by atoms with van der Waals surface area (Å²) in [6.45, 7) is 3.70. The minimum atomic E-state index is -0.114. The van der Waals surface area contributed by atoms with E-state index in [9.17, 15) is 4.79 Å². The molecule has 0 radical (unpaired) electrons. The molecule has 2 aromatic rings. The van der Waals surface area contributed by atoms with Gasteiger partial charge in [0.05, 0.1) is 0 Å². The van der Waals surface area contributed by atoms with Crippen LogP contribution in [0.1, 0.15) is 55.1 Å². The van der Waals surface area contributed by atoms with E-state index >= 15 is 0 Å². The summed E-state index contributed by atoms with van der Waals surface area (Å²) in [6, 6.07) is 14.2. The number of aromatic nitrogens is 2. The average molecular weight is 338 g/mol. The molecule has 0 saturated heterocycles. The highest BCUT2D eigenvalue weighted by Crippen LogP contribution is 2.18. The zero-order valence-electron chi connectivity index (χ0n) is 14.8. The molecule has 1 saturated carbocycles. The Labute approximate surface area is 149 Å². The van der Waals surface area contributed by atoms with Crippen LogP contribution in [-0.2, 0) is 6.54 Å². The zero-order chi connectivity index (χ0) is 17.5. The van der Waals surface area contributed by atoms with Gasteiger partial charge in [0.25, 0.3) is 5.91 Å². The number of carbonyl (C=O) groups excluding carboxylic acids is 1. The third-order valence-electron chi connectivity index (χ3n) is 4.75. The van der Waals surface area contributed by atoms with Gasteiger partial charge >= 0.3 is 0 Å². The molecular formula is C20H26N4O. The molecule has 0 atom stereocenters. The number of amides is 1. The molecule has 1 heterocycles. The molecule has 0 unspecified atom stereocenters. The van der Waals surface area contributed by atoms with E-state index in [0.717, 1.165) is 31.7 Å². The van der Waals surface area contributed by atoms with Crippen molar-refractivity contribution in [1.82, 2.24) is 15.5 Å². The van der Waals surface area contributed by atoms with Crippen molar-refractivity contribution < 1.29 is 4.79 Å². The molecule has 5 nitrogen and oxygen atoms in total. The highest BCUT2D eigenvalue weighted by atomic mass is 16.2. The summed E-state index contributed by atoms with van der Waals surface area (Å²) >= 11 is 0. The van der Waals surface area contributed by atoms with E-state index in [4.69, 9.17) is 0 Å². The Kier molecular flexibility index (Phi) is 5.99. The predicted octanol–water partition coefficient (Wildman–Crippen LogP) is 3.57. The van der Waals surface area contributed by atoms with E-state index in [1.807, 2.05) is 24.3 Å². The summed E-state index contributed by atoms with van der Waals surface area (Å²) in [4.78, 5) is 14.5. The van der Waals surface area contributed by atoms with Crippen molar-refractivity contribution in [2.75, 3.05) is 11.4 Å². The fraction of sp³-hybridized carbons (Fsp3) is 0.450. The van der Waals surface area contributed by atoms with Gasteiger partial charge in [0, 0.05) is 19.1 Å². The van der Waals surface area contributed by atoms with Crippen LogP contribution in [0.25, 0.3) is 0 Å². The molecule has 5 heteroatoms. The van der Waals surface area contributed by atoms with Crippen LogP contribution >= 0.6 is 0 Å². The second-order valence-electron chi connectivity index (χ2n) is 6.58. The topological polar surface area (TPSA) is 58.1 Å². The maximum Gasteiger partial charge on any atom is 0.272 e. The van der Waals surface area contributed by atoms with Crippen molar-refractivity contribution in [2.45, 2.75) is 51.6 Å². The molecular weight excluding hydrogens is 312 g/mol. The van der Waals surface area contributed by atoms with Gasteiger partial charge in [-0.05, 0) is 37.5 Å². The minimum absolute atomic E-state index is 0.114.